The maximum Gasteiger partial charge on any atom is 0.281 e. The van der Waals surface area contributed by atoms with E-state index in [1.54, 1.807) is 0 Å². The minimum Gasteiger partial charge on any atom is -0.506 e. The molecule has 0 atom stereocenters. The van der Waals surface area contributed by atoms with E-state index in [2.05, 4.69) is 4.98 Å². The maximum absolute atomic E-state index is 12.3. The largest absolute Gasteiger partial charge is 0.506 e. The van der Waals surface area contributed by atoms with Gasteiger partial charge in [0.25, 0.3) is 6.43 Å². The average Bonchev–Trinajstić information content (AvgIpc) is 2.16. The Morgan fingerprint density at radius 1 is 1.57 bits per heavy atom. The van der Waals surface area contributed by atoms with Crippen molar-refractivity contribution < 1.29 is 19.0 Å². The average molecular weight is 200 g/mol. The summed E-state index contributed by atoms with van der Waals surface area (Å²) in [5.41, 5.74) is -1.42. The molecule has 0 aromatic carbocycles. The van der Waals surface area contributed by atoms with Gasteiger partial charge in [-0.15, -0.1) is 0 Å². The third kappa shape index (κ3) is 1.63. The number of nitrogens with zero attached hydrogens (tertiary/aromatic N) is 2. The fraction of sp³-hybridized carbons (Fsp3) is 0.250. The SMILES string of the molecule is N#Cc1c(C(F)F)ncc(O)c1CO. The standard InChI is InChI=1S/C8H6F2N2O2/c9-8(10)7-4(1-11)5(3-13)6(14)2-12-7/h2,8,13-14H,3H2. The summed E-state index contributed by atoms with van der Waals surface area (Å²) in [6.07, 6.45) is -2.12. The number of pyridine rings is 1. The third-order valence-electron chi connectivity index (χ3n) is 1.67. The van der Waals surface area contributed by atoms with E-state index in [9.17, 15) is 8.78 Å². The molecule has 4 nitrogen and oxygen atoms in total. The van der Waals surface area contributed by atoms with E-state index in [-0.39, 0.29) is 5.56 Å². The molecule has 0 aliphatic rings. The summed E-state index contributed by atoms with van der Waals surface area (Å²) in [5.74, 6) is -0.464. The lowest BCUT2D eigenvalue weighted by molar-refractivity contribution is 0.145. The molecule has 2 N–H and O–H groups in total. The number of hydrogen-bond acceptors (Lipinski definition) is 4. The number of hydrogen-bond donors (Lipinski definition) is 2. The second-order valence-electron chi connectivity index (χ2n) is 2.45. The van der Waals surface area contributed by atoms with Gasteiger partial charge < -0.3 is 10.2 Å². The van der Waals surface area contributed by atoms with Crippen LogP contribution in [-0.4, -0.2) is 15.2 Å². The number of aromatic nitrogens is 1. The van der Waals surface area contributed by atoms with Crippen molar-refractivity contribution in [3.63, 3.8) is 0 Å². The summed E-state index contributed by atoms with van der Waals surface area (Å²) in [6, 6.07) is 1.47. The van der Waals surface area contributed by atoms with Crippen molar-refractivity contribution in [2.24, 2.45) is 0 Å². The van der Waals surface area contributed by atoms with Crippen LogP contribution >= 0.6 is 0 Å². The van der Waals surface area contributed by atoms with Gasteiger partial charge >= 0.3 is 0 Å². The number of alkyl halides is 2. The highest BCUT2D eigenvalue weighted by Crippen LogP contribution is 2.27. The van der Waals surface area contributed by atoms with Gasteiger partial charge in [-0.1, -0.05) is 0 Å². The summed E-state index contributed by atoms with van der Waals surface area (Å²) >= 11 is 0. The van der Waals surface area contributed by atoms with Crippen molar-refractivity contribution in [1.29, 1.82) is 5.26 Å². The Kier molecular flexibility index (Phi) is 2.94. The van der Waals surface area contributed by atoms with Crippen LogP contribution in [0.5, 0.6) is 5.75 Å². The smallest absolute Gasteiger partial charge is 0.281 e. The second-order valence-corrected chi connectivity index (χ2v) is 2.45. The minimum absolute atomic E-state index is 0.224. The predicted molar refractivity (Wildman–Crippen MR) is 41.5 cm³/mol. The molecule has 6 heteroatoms. The minimum atomic E-state index is -2.91. The first-order valence-corrected chi connectivity index (χ1v) is 3.61. The van der Waals surface area contributed by atoms with Crippen LogP contribution in [0.1, 0.15) is 23.2 Å². The molecule has 1 heterocycles. The maximum atomic E-state index is 12.3. The Labute approximate surface area is 78.1 Å². The highest BCUT2D eigenvalue weighted by Gasteiger charge is 2.20. The molecule has 0 saturated carbocycles. The van der Waals surface area contributed by atoms with E-state index in [4.69, 9.17) is 15.5 Å². The molecule has 0 aliphatic heterocycles. The van der Waals surface area contributed by atoms with E-state index in [1.165, 1.54) is 6.07 Å². The number of halogens is 2. The van der Waals surface area contributed by atoms with Crippen molar-refractivity contribution in [3.8, 4) is 11.8 Å². The number of aliphatic hydroxyl groups excluding tert-OH is 1. The molecule has 0 spiro atoms. The fourth-order valence-electron chi connectivity index (χ4n) is 1.01. The lowest BCUT2D eigenvalue weighted by Crippen LogP contribution is -2.00. The Hall–Kier alpha value is -1.74. The van der Waals surface area contributed by atoms with Gasteiger partial charge in [0, 0.05) is 5.56 Å². The molecule has 0 unspecified atom stereocenters. The number of aliphatic hydroxyl groups is 1. The van der Waals surface area contributed by atoms with Crippen molar-refractivity contribution in [3.05, 3.63) is 23.0 Å². The first-order valence-electron chi connectivity index (χ1n) is 3.61. The van der Waals surface area contributed by atoms with Gasteiger partial charge in [0.15, 0.2) is 0 Å². The molecule has 0 amide bonds. The highest BCUT2D eigenvalue weighted by atomic mass is 19.3. The molecular weight excluding hydrogens is 194 g/mol. The predicted octanol–water partition coefficient (Wildman–Crippen LogP) is 1.09. The molecule has 74 valence electrons. The summed E-state index contributed by atoms with van der Waals surface area (Å²) < 4.78 is 24.6. The zero-order valence-electron chi connectivity index (χ0n) is 6.91. The quantitative estimate of drug-likeness (QED) is 0.749. The van der Waals surface area contributed by atoms with E-state index in [0.29, 0.717) is 0 Å². The molecule has 14 heavy (non-hydrogen) atoms. The van der Waals surface area contributed by atoms with Gasteiger partial charge in [0.2, 0.25) is 0 Å². The van der Waals surface area contributed by atoms with Crippen molar-refractivity contribution in [2.75, 3.05) is 0 Å². The Morgan fingerprint density at radius 2 is 2.21 bits per heavy atom. The molecule has 1 aromatic rings. The number of rotatable bonds is 2. The van der Waals surface area contributed by atoms with Crippen LogP contribution in [0.3, 0.4) is 0 Å². The van der Waals surface area contributed by atoms with E-state index < -0.39 is 30.0 Å². The number of nitriles is 1. The summed E-state index contributed by atoms with van der Waals surface area (Å²) in [4.78, 5) is 3.22. The van der Waals surface area contributed by atoms with Crippen molar-refractivity contribution in [2.45, 2.75) is 13.0 Å². The van der Waals surface area contributed by atoms with Gasteiger partial charge in [-0.2, -0.15) is 5.26 Å². The zero-order valence-corrected chi connectivity index (χ0v) is 6.91. The molecule has 0 aliphatic carbocycles. The second kappa shape index (κ2) is 3.98. The van der Waals surface area contributed by atoms with Crippen LogP contribution in [0.4, 0.5) is 8.78 Å². The zero-order chi connectivity index (χ0) is 10.7. The van der Waals surface area contributed by atoms with Crippen LogP contribution in [-0.2, 0) is 6.61 Å². The molecule has 0 radical (unpaired) electrons. The van der Waals surface area contributed by atoms with Gasteiger partial charge in [0.05, 0.1) is 18.4 Å². The first kappa shape index (κ1) is 10.3. The summed E-state index contributed by atoms with van der Waals surface area (Å²) in [5, 5.41) is 26.4. The van der Waals surface area contributed by atoms with Crippen LogP contribution in [0, 0.1) is 11.3 Å². The molecule has 1 aromatic heterocycles. The van der Waals surface area contributed by atoms with Crippen LogP contribution in [0.25, 0.3) is 0 Å². The Balaban J connectivity index is 3.43. The Bertz CT molecular complexity index is 388. The van der Waals surface area contributed by atoms with Crippen molar-refractivity contribution >= 4 is 0 Å². The van der Waals surface area contributed by atoms with Gasteiger partial charge in [-0.05, 0) is 0 Å². The number of aromatic hydroxyl groups is 1. The van der Waals surface area contributed by atoms with Crippen molar-refractivity contribution in [1.82, 2.24) is 4.98 Å². The van der Waals surface area contributed by atoms with Gasteiger partial charge in [0.1, 0.15) is 17.5 Å². The first-order chi connectivity index (χ1) is 6.61. The lowest BCUT2D eigenvalue weighted by Gasteiger charge is -2.07. The highest BCUT2D eigenvalue weighted by molar-refractivity contribution is 5.47. The molecular formula is C8H6F2N2O2. The van der Waals surface area contributed by atoms with Crippen LogP contribution < -0.4 is 0 Å². The van der Waals surface area contributed by atoms with E-state index >= 15 is 0 Å². The fourth-order valence-corrected chi connectivity index (χ4v) is 1.01. The third-order valence-corrected chi connectivity index (χ3v) is 1.67. The topological polar surface area (TPSA) is 77.1 Å². The van der Waals surface area contributed by atoms with Crippen LogP contribution in [0.15, 0.2) is 6.20 Å². The summed E-state index contributed by atoms with van der Waals surface area (Å²) in [6.45, 7) is -0.684. The molecule has 0 saturated heterocycles. The molecule has 0 bridgehead atoms. The van der Waals surface area contributed by atoms with E-state index in [0.717, 1.165) is 6.20 Å². The van der Waals surface area contributed by atoms with E-state index in [1.807, 2.05) is 0 Å². The normalized spacial score (nSPS) is 10.2. The lowest BCUT2D eigenvalue weighted by atomic mass is 10.1. The van der Waals surface area contributed by atoms with Gasteiger partial charge in [-0.3, -0.25) is 0 Å². The summed E-state index contributed by atoms with van der Waals surface area (Å²) in [7, 11) is 0. The molecule has 0 fully saturated rings. The molecule has 1 rings (SSSR count). The van der Waals surface area contributed by atoms with Crippen LogP contribution in [0.2, 0.25) is 0 Å². The Morgan fingerprint density at radius 3 is 2.64 bits per heavy atom. The monoisotopic (exact) mass is 200 g/mol. The van der Waals surface area contributed by atoms with Gasteiger partial charge in [-0.25, -0.2) is 13.8 Å².